The van der Waals surface area contributed by atoms with E-state index >= 15 is 0 Å². The molecule has 2 heterocycles. The molecule has 1 aliphatic heterocycles. The lowest BCUT2D eigenvalue weighted by Crippen LogP contribution is -2.41. The smallest absolute Gasteiger partial charge is 0.246 e. The van der Waals surface area contributed by atoms with Crippen molar-refractivity contribution in [2.45, 2.75) is 18.9 Å². The third-order valence-electron chi connectivity index (χ3n) is 2.96. The molecule has 5 nitrogen and oxygen atoms in total. The van der Waals surface area contributed by atoms with Gasteiger partial charge in [0.15, 0.2) is 0 Å². The minimum absolute atomic E-state index is 0.0510. The van der Waals surface area contributed by atoms with Crippen LogP contribution in [0, 0.1) is 0 Å². The maximum atomic E-state index is 11.8. The van der Waals surface area contributed by atoms with E-state index in [1.54, 1.807) is 21.9 Å². The Balaban J connectivity index is 1.97. The molecular formula is C12H17N3O2. The Morgan fingerprint density at radius 1 is 1.65 bits per heavy atom. The number of aromatic nitrogens is 2. The van der Waals surface area contributed by atoms with Gasteiger partial charge < -0.3 is 10.0 Å². The number of hydrogen-bond donors (Lipinski definition) is 1. The van der Waals surface area contributed by atoms with E-state index in [9.17, 15) is 9.90 Å². The third-order valence-corrected chi connectivity index (χ3v) is 2.96. The molecule has 1 fully saturated rings. The molecule has 92 valence electrons. The first-order chi connectivity index (χ1) is 8.16. The molecular weight excluding hydrogens is 218 g/mol. The van der Waals surface area contributed by atoms with Crippen molar-refractivity contribution in [3.8, 4) is 0 Å². The normalized spacial score (nSPS) is 21.1. The first-order valence-electron chi connectivity index (χ1n) is 5.80. The molecule has 17 heavy (non-hydrogen) atoms. The summed E-state index contributed by atoms with van der Waals surface area (Å²) >= 11 is 0. The van der Waals surface area contributed by atoms with Gasteiger partial charge in [0.05, 0.1) is 11.8 Å². The van der Waals surface area contributed by atoms with E-state index in [4.69, 9.17) is 0 Å². The second kappa shape index (κ2) is 5.14. The van der Waals surface area contributed by atoms with E-state index in [0.29, 0.717) is 6.54 Å². The van der Waals surface area contributed by atoms with Crippen LogP contribution < -0.4 is 0 Å². The minimum atomic E-state index is -0.377. The van der Waals surface area contributed by atoms with Gasteiger partial charge in [-0.05, 0) is 25.0 Å². The predicted octanol–water partition coefficient (Wildman–Crippen LogP) is 0.417. The maximum absolute atomic E-state index is 11.8. The average molecular weight is 235 g/mol. The van der Waals surface area contributed by atoms with E-state index in [2.05, 4.69) is 5.10 Å². The van der Waals surface area contributed by atoms with Crippen LogP contribution in [0.2, 0.25) is 0 Å². The van der Waals surface area contributed by atoms with Crippen molar-refractivity contribution in [2.75, 3.05) is 13.1 Å². The van der Waals surface area contributed by atoms with Gasteiger partial charge in [-0.1, -0.05) is 0 Å². The largest absolute Gasteiger partial charge is 0.391 e. The molecule has 1 unspecified atom stereocenters. The van der Waals surface area contributed by atoms with Crippen LogP contribution in [0.4, 0.5) is 0 Å². The Kier molecular flexibility index (Phi) is 3.58. The summed E-state index contributed by atoms with van der Waals surface area (Å²) in [6.07, 6.45) is 6.25. The van der Waals surface area contributed by atoms with Crippen LogP contribution in [0.25, 0.3) is 6.08 Å². The maximum Gasteiger partial charge on any atom is 0.246 e. The number of carbonyl (C=O) groups is 1. The highest BCUT2D eigenvalue weighted by atomic mass is 16.3. The van der Waals surface area contributed by atoms with Crippen LogP contribution in [-0.4, -0.2) is 44.9 Å². The molecule has 2 rings (SSSR count). The number of hydrogen-bond acceptors (Lipinski definition) is 3. The zero-order valence-electron chi connectivity index (χ0n) is 9.91. The van der Waals surface area contributed by atoms with Crippen LogP contribution in [-0.2, 0) is 11.8 Å². The number of rotatable bonds is 2. The van der Waals surface area contributed by atoms with E-state index in [0.717, 1.165) is 25.1 Å². The first kappa shape index (κ1) is 11.9. The van der Waals surface area contributed by atoms with Gasteiger partial charge in [-0.25, -0.2) is 0 Å². The lowest BCUT2D eigenvalue weighted by molar-refractivity contribution is -0.128. The van der Waals surface area contributed by atoms with Gasteiger partial charge in [0, 0.05) is 32.4 Å². The Morgan fingerprint density at radius 2 is 2.47 bits per heavy atom. The van der Waals surface area contributed by atoms with Gasteiger partial charge in [0.2, 0.25) is 5.91 Å². The molecule has 0 saturated carbocycles. The van der Waals surface area contributed by atoms with Crippen LogP contribution in [0.5, 0.6) is 0 Å². The van der Waals surface area contributed by atoms with Crippen molar-refractivity contribution in [3.63, 3.8) is 0 Å². The van der Waals surface area contributed by atoms with Gasteiger partial charge in [0.25, 0.3) is 0 Å². The van der Waals surface area contributed by atoms with Crippen molar-refractivity contribution in [3.05, 3.63) is 24.0 Å². The van der Waals surface area contributed by atoms with E-state index in [1.165, 1.54) is 6.08 Å². The van der Waals surface area contributed by atoms with Crippen molar-refractivity contribution < 1.29 is 9.90 Å². The highest BCUT2D eigenvalue weighted by Crippen LogP contribution is 2.10. The van der Waals surface area contributed by atoms with Crippen molar-refractivity contribution in [1.82, 2.24) is 14.7 Å². The van der Waals surface area contributed by atoms with Crippen molar-refractivity contribution in [2.24, 2.45) is 7.05 Å². The molecule has 0 aliphatic carbocycles. The van der Waals surface area contributed by atoms with Gasteiger partial charge in [-0.2, -0.15) is 5.10 Å². The highest BCUT2D eigenvalue weighted by molar-refractivity contribution is 5.91. The number of aliphatic hydroxyl groups excluding tert-OH is 1. The molecule has 1 N–H and O–H groups in total. The van der Waals surface area contributed by atoms with Crippen molar-refractivity contribution in [1.29, 1.82) is 0 Å². The highest BCUT2D eigenvalue weighted by Gasteiger charge is 2.20. The SMILES string of the molecule is Cn1nccc1/C=C/C(=O)N1CCCC(O)C1. The number of likely N-dealkylation sites (tertiary alicyclic amines) is 1. The van der Waals surface area contributed by atoms with Crippen LogP contribution in [0.3, 0.4) is 0 Å². The Labute approximate surface area is 100 Å². The fourth-order valence-electron chi connectivity index (χ4n) is 1.96. The minimum Gasteiger partial charge on any atom is -0.391 e. The number of amides is 1. The summed E-state index contributed by atoms with van der Waals surface area (Å²) in [4.78, 5) is 13.5. The molecule has 1 atom stereocenters. The second-order valence-electron chi connectivity index (χ2n) is 4.29. The molecule has 1 aliphatic rings. The predicted molar refractivity (Wildman–Crippen MR) is 64.1 cm³/mol. The molecule has 0 spiro atoms. The zero-order valence-corrected chi connectivity index (χ0v) is 9.91. The summed E-state index contributed by atoms with van der Waals surface area (Å²) in [5, 5.41) is 13.5. The monoisotopic (exact) mass is 235 g/mol. The van der Waals surface area contributed by atoms with E-state index in [1.807, 2.05) is 13.1 Å². The van der Waals surface area contributed by atoms with Gasteiger partial charge >= 0.3 is 0 Å². The first-order valence-corrected chi connectivity index (χ1v) is 5.80. The average Bonchev–Trinajstić information content (AvgIpc) is 2.72. The van der Waals surface area contributed by atoms with Gasteiger partial charge in [0.1, 0.15) is 0 Å². The zero-order chi connectivity index (χ0) is 12.3. The van der Waals surface area contributed by atoms with E-state index < -0.39 is 0 Å². The summed E-state index contributed by atoms with van der Waals surface area (Å²) in [5.74, 6) is -0.0510. The lowest BCUT2D eigenvalue weighted by Gasteiger charge is -2.29. The Bertz CT molecular complexity index is 425. The third kappa shape index (κ3) is 2.94. The summed E-state index contributed by atoms with van der Waals surface area (Å²) in [6.45, 7) is 1.17. The molecule has 0 radical (unpaired) electrons. The molecule has 1 aromatic rings. The summed E-state index contributed by atoms with van der Waals surface area (Å²) < 4.78 is 1.70. The van der Waals surface area contributed by atoms with E-state index in [-0.39, 0.29) is 12.0 Å². The summed E-state index contributed by atoms with van der Waals surface area (Å²) in [5.41, 5.74) is 0.885. The number of carbonyl (C=O) groups excluding carboxylic acids is 1. The fraction of sp³-hybridized carbons (Fsp3) is 0.500. The Hall–Kier alpha value is -1.62. The molecule has 1 amide bonds. The van der Waals surface area contributed by atoms with Gasteiger partial charge in [-0.3, -0.25) is 9.48 Å². The molecule has 1 saturated heterocycles. The van der Waals surface area contributed by atoms with Crippen LogP contribution >= 0.6 is 0 Å². The Morgan fingerprint density at radius 3 is 3.12 bits per heavy atom. The van der Waals surface area contributed by atoms with Crippen LogP contribution in [0.1, 0.15) is 18.5 Å². The van der Waals surface area contributed by atoms with Crippen LogP contribution in [0.15, 0.2) is 18.3 Å². The number of β-amino-alcohol motifs (C(OH)–C–C–N with tert-alkyl or cyclic N) is 1. The summed E-state index contributed by atoms with van der Waals surface area (Å²) in [7, 11) is 1.83. The molecule has 0 aromatic carbocycles. The quantitative estimate of drug-likeness (QED) is 0.756. The number of nitrogens with zero attached hydrogens (tertiary/aromatic N) is 3. The van der Waals surface area contributed by atoms with Crippen molar-refractivity contribution >= 4 is 12.0 Å². The van der Waals surface area contributed by atoms with Gasteiger partial charge in [-0.15, -0.1) is 0 Å². The number of piperidine rings is 1. The number of aliphatic hydroxyl groups is 1. The number of aryl methyl sites for hydroxylation is 1. The standard InChI is InChI=1S/C12H17N3O2/c1-14-10(6-7-13-14)4-5-12(17)15-8-2-3-11(16)9-15/h4-7,11,16H,2-3,8-9H2,1H3/b5-4+. The second-order valence-corrected chi connectivity index (χ2v) is 4.29. The molecule has 1 aromatic heterocycles. The fourth-order valence-corrected chi connectivity index (χ4v) is 1.96. The molecule has 0 bridgehead atoms. The summed E-state index contributed by atoms with van der Waals surface area (Å²) in [6, 6.07) is 1.84. The molecule has 5 heteroatoms. The topological polar surface area (TPSA) is 58.4 Å². The lowest BCUT2D eigenvalue weighted by atomic mass is 10.1.